The smallest absolute Gasteiger partial charge is 0.0534 e. The molecule has 0 heterocycles. The first-order chi connectivity index (χ1) is 6.54. The van der Waals surface area contributed by atoms with Crippen LogP contribution in [0.1, 0.15) is 37.8 Å². The lowest BCUT2D eigenvalue weighted by atomic mass is 9.95. The normalized spacial score (nSPS) is 11.4. The lowest BCUT2D eigenvalue weighted by molar-refractivity contribution is 0.315. The Balaban J connectivity index is 3.07. The molecule has 0 amide bonds. The van der Waals surface area contributed by atoms with E-state index in [-0.39, 0.29) is 6.61 Å². The molecule has 0 aromatic heterocycles. The average molecular weight is 303 g/mol. The largest absolute Gasteiger partial charge is 0.395 e. The fraction of sp³-hybridized carbons (Fsp3) is 0.417. The summed E-state index contributed by atoms with van der Waals surface area (Å²) in [5, 5.41) is 9.07. The molecular formula is C12H16IO. The average Bonchev–Trinajstić information content (AvgIpc) is 2.15. The summed E-state index contributed by atoms with van der Waals surface area (Å²) in [4.78, 5) is 0. The second-order valence-electron chi connectivity index (χ2n) is 3.87. The lowest BCUT2D eigenvalue weighted by Gasteiger charge is -2.12. The Morgan fingerprint density at radius 1 is 1.36 bits per heavy atom. The van der Waals surface area contributed by atoms with Crippen LogP contribution in [-0.2, 0) is 0 Å². The van der Waals surface area contributed by atoms with Crippen molar-refractivity contribution in [1.29, 1.82) is 0 Å². The maximum absolute atomic E-state index is 9.07. The van der Waals surface area contributed by atoms with Crippen LogP contribution in [-0.4, -0.2) is 11.7 Å². The molecule has 1 radical (unpaired) electrons. The van der Waals surface area contributed by atoms with Gasteiger partial charge in [0.25, 0.3) is 0 Å². The van der Waals surface area contributed by atoms with Crippen molar-refractivity contribution in [1.82, 2.24) is 0 Å². The van der Waals surface area contributed by atoms with E-state index < -0.39 is 0 Å². The maximum Gasteiger partial charge on any atom is 0.0534 e. The minimum Gasteiger partial charge on any atom is -0.395 e. The van der Waals surface area contributed by atoms with Crippen molar-refractivity contribution in [3.05, 3.63) is 38.8 Å². The Bertz CT molecular complexity index is 307. The Hall–Kier alpha value is -0.0900. The zero-order valence-electron chi connectivity index (χ0n) is 8.84. The Morgan fingerprint density at radius 2 is 2.00 bits per heavy atom. The Morgan fingerprint density at radius 3 is 2.50 bits per heavy atom. The molecule has 0 saturated carbocycles. The molecule has 0 aliphatic carbocycles. The summed E-state index contributed by atoms with van der Waals surface area (Å²) in [6.07, 6.45) is 0. The van der Waals surface area contributed by atoms with Gasteiger partial charge in [-0.25, -0.2) is 0 Å². The van der Waals surface area contributed by atoms with Gasteiger partial charge in [0.2, 0.25) is 0 Å². The van der Waals surface area contributed by atoms with Crippen LogP contribution in [0.5, 0.6) is 0 Å². The highest BCUT2D eigenvalue weighted by Gasteiger charge is 2.08. The van der Waals surface area contributed by atoms with Crippen LogP contribution >= 0.6 is 22.6 Å². The van der Waals surface area contributed by atoms with E-state index in [1.54, 1.807) is 0 Å². The molecule has 14 heavy (non-hydrogen) atoms. The van der Waals surface area contributed by atoms with Gasteiger partial charge in [-0.3, -0.25) is 0 Å². The summed E-state index contributed by atoms with van der Waals surface area (Å²) in [6.45, 7) is 6.47. The van der Waals surface area contributed by atoms with E-state index >= 15 is 0 Å². The minimum atomic E-state index is 0.137. The number of hydrogen-bond acceptors (Lipinski definition) is 1. The van der Waals surface area contributed by atoms with E-state index in [0.717, 1.165) is 11.5 Å². The van der Waals surface area contributed by atoms with Gasteiger partial charge < -0.3 is 5.11 Å². The third-order valence-electron chi connectivity index (χ3n) is 2.32. The zero-order valence-corrected chi connectivity index (χ0v) is 11.0. The highest BCUT2D eigenvalue weighted by Crippen LogP contribution is 2.23. The van der Waals surface area contributed by atoms with E-state index in [9.17, 15) is 0 Å². The lowest BCUT2D eigenvalue weighted by Crippen LogP contribution is -2.02. The summed E-state index contributed by atoms with van der Waals surface area (Å²) in [6, 6.07) is 6.47. The summed E-state index contributed by atoms with van der Waals surface area (Å²) in [5.74, 6) is 1.57. The van der Waals surface area contributed by atoms with E-state index in [2.05, 4.69) is 54.6 Å². The molecule has 0 spiro atoms. The van der Waals surface area contributed by atoms with E-state index in [1.807, 2.05) is 6.92 Å². The maximum atomic E-state index is 9.07. The molecule has 2 heteroatoms. The number of benzene rings is 1. The van der Waals surface area contributed by atoms with E-state index in [1.165, 1.54) is 9.13 Å². The second kappa shape index (κ2) is 5.12. The number of halogens is 1. The SMILES string of the molecule is C[C](CO)c1cc(I)cc(C(C)C)c1. The van der Waals surface area contributed by atoms with Crippen molar-refractivity contribution in [2.75, 3.05) is 6.61 Å². The van der Waals surface area contributed by atoms with Gasteiger partial charge in [0.15, 0.2) is 0 Å². The number of aliphatic hydroxyl groups is 1. The molecule has 1 N–H and O–H groups in total. The van der Waals surface area contributed by atoms with Gasteiger partial charge in [-0.1, -0.05) is 26.8 Å². The van der Waals surface area contributed by atoms with Crippen LogP contribution in [0, 0.1) is 9.49 Å². The standard InChI is InChI=1S/C12H16IO/c1-8(2)10-4-11(9(3)7-14)6-12(13)5-10/h4-6,8,14H,7H2,1-3H3. The van der Waals surface area contributed by atoms with Crippen LogP contribution in [0.15, 0.2) is 18.2 Å². The summed E-state index contributed by atoms with van der Waals surface area (Å²) >= 11 is 2.32. The predicted octanol–water partition coefficient (Wildman–Crippen LogP) is 3.35. The van der Waals surface area contributed by atoms with Gasteiger partial charge >= 0.3 is 0 Å². The van der Waals surface area contributed by atoms with Crippen LogP contribution in [0.4, 0.5) is 0 Å². The Labute approximate surface area is 99.7 Å². The highest BCUT2D eigenvalue weighted by atomic mass is 127. The molecule has 0 fully saturated rings. The third-order valence-corrected chi connectivity index (χ3v) is 2.94. The van der Waals surface area contributed by atoms with Crippen molar-refractivity contribution in [3.8, 4) is 0 Å². The molecule has 0 aliphatic rings. The van der Waals surface area contributed by atoms with Crippen molar-refractivity contribution < 1.29 is 5.11 Å². The van der Waals surface area contributed by atoms with Crippen molar-refractivity contribution >= 4 is 22.6 Å². The van der Waals surface area contributed by atoms with Gasteiger partial charge in [-0.2, -0.15) is 0 Å². The van der Waals surface area contributed by atoms with Gasteiger partial charge in [-0.05, 0) is 51.8 Å². The zero-order chi connectivity index (χ0) is 10.7. The summed E-state index contributed by atoms with van der Waals surface area (Å²) in [7, 11) is 0. The molecule has 1 rings (SSSR count). The fourth-order valence-electron chi connectivity index (χ4n) is 1.28. The minimum absolute atomic E-state index is 0.137. The molecule has 1 aromatic carbocycles. The summed E-state index contributed by atoms with van der Waals surface area (Å²) in [5.41, 5.74) is 2.49. The van der Waals surface area contributed by atoms with Crippen LogP contribution in [0.2, 0.25) is 0 Å². The molecule has 1 nitrogen and oxygen atoms in total. The second-order valence-corrected chi connectivity index (χ2v) is 5.11. The molecule has 0 unspecified atom stereocenters. The molecule has 77 valence electrons. The predicted molar refractivity (Wildman–Crippen MR) is 68.4 cm³/mol. The molecule has 0 aliphatic heterocycles. The van der Waals surface area contributed by atoms with Gasteiger partial charge in [0.05, 0.1) is 6.61 Å². The van der Waals surface area contributed by atoms with E-state index in [0.29, 0.717) is 5.92 Å². The topological polar surface area (TPSA) is 20.2 Å². The third kappa shape index (κ3) is 2.95. The first-order valence-electron chi connectivity index (χ1n) is 4.78. The number of aliphatic hydroxyl groups excluding tert-OH is 1. The quantitative estimate of drug-likeness (QED) is 0.849. The molecule has 0 atom stereocenters. The molecular weight excluding hydrogens is 287 g/mol. The van der Waals surface area contributed by atoms with Crippen molar-refractivity contribution in [3.63, 3.8) is 0 Å². The van der Waals surface area contributed by atoms with Crippen molar-refractivity contribution in [2.45, 2.75) is 26.7 Å². The number of hydrogen-bond donors (Lipinski definition) is 1. The van der Waals surface area contributed by atoms with Crippen LogP contribution < -0.4 is 0 Å². The fourth-order valence-corrected chi connectivity index (χ4v) is 1.98. The van der Waals surface area contributed by atoms with Gasteiger partial charge in [0.1, 0.15) is 0 Å². The van der Waals surface area contributed by atoms with Crippen LogP contribution in [0.3, 0.4) is 0 Å². The van der Waals surface area contributed by atoms with Crippen LogP contribution in [0.25, 0.3) is 0 Å². The monoisotopic (exact) mass is 303 g/mol. The van der Waals surface area contributed by atoms with Crippen molar-refractivity contribution in [2.24, 2.45) is 0 Å². The summed E-state index contributed by atoms with van der Waals surface area (Å²) < 4.78 is 1.23. The molecule has 0 saturated heterocycles. The molecule has 0 bridgehead atoms. The van der Waals surface area contributed by atoms with Gasteiger partial charge in [0, 0.05) is 9.49 Å². The highest BCUT2D eigenvalue weighted by molar-refractivity contribution is 14.1. The Kier molecular flexibility index (Phi) is 4.38. The first kappa shape index (κ1) is 12.0. The van der Waals surface area contributed by atoms with E-state index in [4.69, 9.17) is 5.11 Å². The van der Waals surface area contributed by atoms with Gasteiger partial charge in [-0.15, -0.1) is 0 Å². The number of rotatable bonds is 3. The molecule has 1 aromatic rings. The first-order valence-corrected chi connectivity index (χ1v) is 5.86.